The van der Waals surface area contributed by atoms with E-state index in [1.807, 2.05) is 6.92 Å². The summed E-state index contributed by atoms with van der Waals surface area (Å²) in [5, 5.41) is 8.49. The molecule has 0 radical (unpaired) electrons. The Morgan fingerprint density at radius 2 is 1.94 bits per heavy atom. The second-order valence-corrected chi connectivity index (χ2v) is 4.98. The molecule has 5 nitrogen and oxygen atoms in total. The van der Waals surface area contributed by atoms with E-state index in [0.717, 1.165) is 24.2 Å². The Balaban J connectivity index is 2.51. The first-order valence-electron chi connectivity index (χ1n) is 5.78. The van der Waals surface area contributed by atoms with Crippen LogP contribution in [0.2, 0.25) is 0 Å². The van der Waals surface area contributed by atoms with Crippen molar-refractivity contribution in [2.75, 3.05) is 26.7 Å². The van der Waals surface area contributed by atoms with Gasteiger partial charge < -0.3 is 16.0 Å². The van der Waals surface area contributed by atoms with Gasteiger partial charge in [0.25, 0.3) is 0 Å². The van der Waals surface area contributed by atoms with Gasteiger partial charge in [-0.1, -0.05) is 0 Å². The highest BCUT2D eigenvalue weighted by Crippen LogP contribution is 2.14. The summed E-state index contributed by atoms with van der Waals surface area (Å²) in [5.41, 5.74) is 1.31. The topological polar surface area (TPSA) is 70.2 Å². The lowest BCUT2D eigenvalue weighted by Gasteiger charge is -2.25. The van der Waals surface area contributed by atoms with Crippen molar-refractivity contribution >= 4 is 11.8 Å². The van der Waals surface area contributed by atoms with Crippen LogP contribution >= 0.6 is 0 Å². The summed E-state index contributed by atoms with van der Waals surface area (Å²) in [7, 11) is 1.60. The van der Waals surface area contributed by atoms with Crippen molar-refractivity contribution in [3.63, 3.8) is 0 Å². The summed E-state index contributed by atoms with van der Waals surface area (Å²) in [4.78, 5) is 23.3. The predicted octanol–water partition coefficient (Wildman–Crippen LogP) is -0.205. The third-order valence-corrected chi connectivity index (χ3v) is 3.08. The summed E-state index contributed by atoms with van der Waals surface area (Å²) in [6, 6.07) is 0. The van der Waals surface area contributed by atoms with Crippen LogP contribution in [0.4, 0.5) is 0 Å². The van der Waals surface area contributed by atoms with E-state index in [1.54, 1.807) is 20.9 Å². The van der Waals surface area contributed by atoms with Gasteiger partial charge in [0.2, 0.25) is 11.8 Å². The number of carbonyl (C=O) groups excluding carboxylic acids is 2. The molecule has 0 unspecified atom stereocenters. The smallest absolute Gasteiger partial charge is 0.246 e. The average Bonchev–Trinajstić information content (AvgIpc) is 2.22. The maximum absolute atomic E-state index is 11.8. The number of amides is 2. The molecule has 0 saturated carbocycles. The van der Waals surface area contributed by atoms with Crippen LogP contribution in [-0.2, 0) is 9.59 Å². The summed E-state index contributed by atoms with van der Waals surface area (Å²) < 4.78 is 0. The summed E-state index contributed by atoms with van der Waals surface area (Å²) in [6.45, 7) is 7.34. The maximum atomic E-state index is 11.8. The molecule has 1 aliphatic rings. The third kappa shape index (κ3) is 3.30. The van der Waals surface area contributed by atoms with E-state index >= 15 is 0 Å². The Morgan fingerprint density at radius 3 is 2.35 bits per heavy atom. The molecular weight excluding hydrogens is 218 g/mol. The molecule has 0 atom stereocenters. The third-order valence-electron chi connectivity index (χ3n) is 3.08. The fourth-order valence-corrected chi connectivity index (χ4v) is 1.53. The monoisotopic (exact) mass is 239 g/mol. The highest BCUT2D eigenvalue weighted by Gasteiger charge is 2.27. The van der Waals surface area contributed by atoms with Gasteiger partial charge in [0.1, 0.15) is 0 Å². The standard InChI is InChI=1S/C12H21N3O2/c1-8(9-5-14-6-9)10(16)15-7-12(2,3)11(17)13-4/h14H,5-7H2,1-4H3,(H,13,17)(H,15,16). The van der Waals surface area contributed by atoms with Gasteiger partial charge in [-0.3, -0.25) is 9.59 Å². The van der Waals surface area contributed by atoms with E-state index in [2.05, 4.69) is 16.0 Å². The fraction of sp³-hybridized carbons (Fsp3) is 0.667. The minimum absolute atomic E-state index is 0.0755. The SMILES string of the molecule is CNC(=O)C(C)(C)CNC(=O)C(C)=C1CNC1. The fourth-order valence-electron chi connectivity index (χ4n) is 1.53. The molecule has 96 valence electrons. The van der Waals surface area contributed by atoms with Gasteiger partial charge in [-0.25, -0.2) is 0 Å². The van der Waals surface area contributed by atoms with Gasteiger partial charge in [0, 0.05) is 32.3 Å². The molecule has 2 amide bonds. The van der Waals surface area contributed by atoms with Gasteiger partial charge in [-0.05, 0) is 26.3 Å². The first-order chi connectivity index (χ1) is 7.88. The second kappa shape index (κ2) is 5.31. The number of carbonyl (C=O) groups is 2. The van der Waals surface area contributed by atoms with Crippen LogP contribution in [-0.4, -0.2) is 38.5 Å². The van der Waals surface area contributed by atoms with Crippen molar-refractivity contribution in [3.8, 4) is 0 Å². The molecular formula is C12H21N3O2. The first kappa shape index (κ1) is 13.7. The maximum Gasteiger partial charge on any atom is 0.246 e. The summed E-state index contributed by atoms with van der Waals surface area (Å²) >= 11 is 0. The van der Waals surface area contributed by atoms with Crippen molar-refractivity contribution < 1.29 is 9.59 Å². The van der Waals surface area contributed by atoms with E-state index in [1.165, 1.54) is 0 Å². The Morgan fingerprint density at radius 1 is 1.35 bits per heavy atom. The van der Waals surface area contributed by atoms with Gasteiger partial charge in [-0.2, -0.15) is 0 Å². The molecule has 0 aromatic heterocycles. The zero-order valence-electron chi connectivity index (χ0n) is 10.9. The zero-order valence-corrected chi connectivity index (χ0v) is 10.9. The van der Waals surface area contributed by atoms with Crippen molar-refractivity contribution in [2.45, 2.75) is 20.8 Å². The largest absolute Gasteiger partial charge is 0.359 e. The summed E-state index contributed by atoms with van der Waals surface area (Å²) in [5.74, 6) is -0.160. The van der Waals surface area contributed by atoms with Gasteiger partial charge >= 0.3 is 0 Å². The van der Waals surface area contributed by atoms with Crippen LogP contribution in [0.3, 0.4) is 0 Å². The number of rotatable bonds is 4. The van der Waals surface area contributed by atoms with Crippen molar-refractivity contribution in [1.82, 2.24) is 16.0 Å². The van der Waals surface area contributed by atoms with Crippen LogP contribution in [0.15, 0.2) is 11.1 Å². The number of nitrogens with one attached hydrogen (secondary N) is 3. The first-order valence-corrected chi connectivity index (χ1v) is 5.78. The van der Waals surface area contributed by atoms with E-state index in [-0.39, 0.29) is 11.8 Å². The lowest BCUT2D eigenvalue weighted by atomic mass is 9.92. The van der Waals surface area contributed by atoms with Crippen LogP contribution in [0.1, 0.15) is 20.8 Å². The van der Waals surface area contributed by atoms with E-state index < -0.39 is 5.41 Å². The number of hydrogen-bond acceptors (Lipinski definition) is 3. The molecule has 0 aromatic rings. The summed E-state index contributed by atoms with van der Waals surface area (Å²) in [6.07, 6.45) is 0. The van der Waals surface area contributed by atoms with Crippen LogP contribution < -0.4 is 16.0 Å². The normalized spacial score (nSPS) is 14.9. The number of hydrogen-bond donors (Lipinski definition) is 3. The minimum Gasteiger partial charge on any atom is -0.359 e. The van der Waals surface area contributed by atoms with Gasteiger partial charge in [0.05, 0.1) is 5.41 Å². The van der Waals surface area contributed by atoms with Crippen molar-refractivity contribution in [1.29, 1.82) is 0 Å². The molecule has 5 heteroatoms. The lowest BCUT2D eigenvalue weighted by molar-refractivity contribution is -0.129. The minimum atomic E-state index is -0.590. The van der Waals surface area contributed by atoms with Gasteiger partial charge in [-0.15, -0.1) is 0 Å². The highest BCUT2D eigenvalue weighted by atomic mass is 16.2. The molecule has 0 spiro atoms. The average molecular weight is 239 g/mol. The van der Waals surface area contributed by atoms with Crippen LogP contribution in [0.25, 0.3) is 0 Å². The predicted molar refractivity (Wildman–Crippen MR) is 66.4 cm³/mol. The molecule has 0 aromatic carbocycles. The van der Waals surface area contributed by atoms with Crippen LogP contribution in [0.5, 0.6) is 0 Å². The van der Waals surface area contributed by atoms with Crippen molar-refractivity contribution in [3.05, 3.63) is 11.1 Å². The molecule has 0 aliphatic carbocycles. The second-order valence-electron chi connectivity index (χ2n) is 4.98. The molecule has 17 heavy (non-hydrogen) atoms. The quantitative estimate of drug-likeness (QED) is 0.595. The Bertz CT molecular complexity index is 353. The molecule has 1 fully saturated rings. The Labute approximate surface area is 102 Å². The van der Waals surface area contributed by atoms with E-state index in [0.29, 0.717) is 6.54 Å². The molecule has 0 bridgehead atoms. The van der Waals surface area contributed by atoms with Crippen LogP contribution in [0, 0.1) is 5.41 Å². The Hall–Kier alpha value is -1.36. The van der Waals surface area contributed by atoms with Crippen molar-refractivity contribution in [2.24, 2.45) is 5.41 Å². The lowest BCUT2D eigenvalue weighted by Crippen LogP contribution is -2.44. The molecule has 1 aliphatic heterocycles. The molecule has 3 N–H and O–H groups in total. The molecule has 1 heterocycles. The van der Waals surface area contributed by atoms with E-state index in [4.69, 9.17) is 0 Å². The van der Waals surface area contributed by atoms with Gasteiger partial charge in [0.15, 0.2) is 0 Å². The Kier molecular flexibility index (Phi) is 4.28. The molecule has 1 saturated heterocycles. The highest BCUT2D eigenvalue weighted by molar-refractivity contribution is 5.94. The molecule has 1 rings (SSSR count). The zero-order chi connectivity index (χ0) is 13.1. The van der Waals surface area contributed by atoms with E-state index in [9.17, 15) is 9.59 Å².